The molecule has 112 valence electrons. The van der Waals surface area contributed by atoms with E-state index in [2.05, 4.69) is 40.3 Å². The minimum Gasteiger partial charge on any atom is -0.381 e. The second-order valence-electron chi connectivity index (χ2n) is 6.59. The van der Waals surface area contributed by atoms with Crippen molar-refractivity contribution in [2.45, 2.75) is 25.2 Å². The van der Waals surface area contributed by atoms with Gasteiger partial charge < -0.3 is 14.6 Å². The van der Waals surface area contributed by atoms with Gasteiger partial charge in [0.1, 0.15) is 0 Å². The Kier molecular flexibility index (Phi) is 3.70. The number of benzene rings is 1. The number of hydrogen-bond donors (Lipinski definition) is 1. The summed E-state index contributed by atoms with van der Waals surface area (Å²) in [7, 11) is 0. The monoisotopic (exact) mass is 284 g/mol. The van der Waals surface area contributed by atoms with Crippen LogP contribution in [0.1, 0.15) is 30.7 Å². The molecule has 0 unspecified atom stereocenters. The van der Waals surface area contributed by atoms with E-state index in [0.29, 0.717) is 5.92 Å². The summed E-state index contributed by atoms with van der Waals surface area (Å²) < 4.78 is 5.48. The molecule has 2 aliphatic heterocycles. The highest BCUT2D eigenvalue weighted by Crippen LogP contribution is 2.32. The van der Waals surface area contributed by atoms with Crippen LogP contribution >= 0.6 is 0 Å². The fourth-order valence-electron chi connectivity index (χ4n) is 3.90. The number of aromatic amines is 1. The first-order valence-electron chi connectivity index (χ1n) is 8.26. The van der Waals surface area contributed by atoms with E-state index in [1.165, 1.54) is 55.4 Å². The fourth-order valence-corrected chi connectivity index (χ4v) is 3.90. The molecule has 3 heteroatoms. The quantitative estimate of drug-likeness (QED) is 0.932. The van der Waals surface area contributed by atoms with Gasteiger partial charge in [-0.2, -0.15) is 0 Å². The van der Waals surface area contributed by atoms with Gasteiger partial charge >= 0.3 is 0 Å². The van der Waals surface area contributed by atoms with Crippen LogP contribution in [0.2, 0.25) is 0 Å². The predicted octanol–water partition coefficient (Wildman–Crippen LogP) is 3.38. The highest BCUT2D eigenvalue weighted by atomic mass is 16.5. The molecule has 2 aliphatic rings. The summed E-state index contributed by atoms with van der Waals surface area (Å²) in [6.07, 6.45) is 6.09. The number of ether oxygens (including phenoxy) is 1. The normalized spacial score (nSPS) is 26.9. The predicted molar refractivity (Wildman–Crippen MR) is 85.6 cm³/mol. The lowest BCUT2D eigenvalue weighted by Gasteiger charge is -2.17. The highest BCUT2D eigenvalue weighted by Gasteiger charge is 2.26. The number of likely N-dealkylation sites (tertiary alicyclic amines) is 1. The standard InChI is InChI=1S/C18H24N2O/c1-2-4-18-16(3-1)17(11-19-18)15-6-9-20(12-15)8-5-14-7-10-21-13-14/h1-4,11,14-15,19H,5-10,12-13H2/t14-,15-/m0/s1. The smallest absolute Gasteiger partial charge is 0.0495 e. The van der Waals surface area contributed by atoms with Crippen molar-refractivity contribution in [1.82, 2.24) is 9.88 Å². The molecule has 4 rings (SSSR count). The summed E-state index contributed by atoms with van der Waals surface area (Å²) in [4.78, 5) is 6.07. The molecule has 2 aromatic rings. The Hall–Kier alpha value is -1.32. The lowest BCUT2D eigenvalue weighted by Crippen LogP contribution is -2.23. The zero-order valence-corrected chi connectivity index (χ0v) is 12.6. The van der Waals surface area contributed by atoms with Gasteiger partial charge in [0.25, 0.3) is 0 Å². The molecule has 0 radical (unpaired) electrons. The number of H-pyrrole nitrogens is 1. The van der Waals surface area contributed by atoms with Gasteiger partial charge in [0.15, 0.2) is 0 Å². The number of nitrogens with zero attached hydrogens (tertiary/aromatic N) is 1. The molecule has 0 bridgehead atoms. The molecule has 0 spiro atoms. The average molecular weight is 284 g/mol. The Morgan fingerprint density at radius 2 is 2.19 bits per heavy atom. The van der Waals surface area contributed by atoms with E-state index < -0.39 is 0 Å². The fraction of sp³-hybridized carbons (Fsp3) is 0.556. The molecular formula is C18H24N2O. The molecule has 2 saturated heterocycles. The SMILES string of the molecule is c1ccc2c([C@H]3CCN(CC[C@H]4CCOC4)C3)c[nH]c2c1. The van der Waals surface area contributed by atoms with E-state index >= 15 is 0 Å². The Bertz CT molecular complexity index is 600. The Morgan fingerprint density at radius 1 is 1.24 bits per heavy atom. The molecule has 1 aromatic carbocycles. The molecule has 21 heavy (non-hydrogen) atoms. The molecule has 3 heterocycles. The minimum atomic E-state index is 0.695. The van der Waals surface area contributed by atoms with E-state index in [4.69, 9.17) is 4.74 Å². The first kappa shape index (κ1) is 13.4. The van der Waals surface area contributed by atoms with Crippen LogP contribution in [0.4, 0.5) is 0 Å². The second kappa shape index (κ2) is 5.82. The molecule has 1 aromatic heterocycles. The van der Waals surface area contributed by atoms with Gasteiger partial charge in [0, 0.05) is 36.9 Å². The minimum absolute atomic E-state index is 0.695. The zero-order chi connectivity index (χ0) is 14.1. The van der Waals surface area contributed by atoms with Crippen molar-refractivity contribution in [3.63, 3.8) is 0 Å². The Labute approximate surface area is 126 Å². The molecule has 0 saturated carbocycles. The van der Waals surface area contributed by atoms with Crippen LogP contribution in [0.15, 0.2) is 30.5 Å². The molecule has 0 aliphatic carbocycles. The van der Waals surface area contributed by atoms with Gasteiger partial charge in [-0.15, -0.1) is 0 Å². The maximum Gasteiger partial charge on any atom is 0.0495 e. The number of fused-ring (bicyclic) bond motifs is 1. The van der Waals surface area contributed by atoms with Gasteiger partial charge in [0.2, 0.25) is 0 Å². The van der Waals surface area contributed by atoms with Gasteiger partial charge in [-0.3, -0.25) is 0 Å². The van der Waals surface area contributed by atoms with Gasteiger partial charge in [0.05, 0.1) is 0 Å². The summed E-state index contributed by atoms with van der Waals surface area (Å²) in [5.41, 5.74) is 2.78. The van der Waals surface area contributed by atoms with Crippen molar-refractivity contribution >= 4 is 10.9 Å². The summed E-state index contributed by atoms with van der Waals surface area (Å²) in [5, 5.41) is 1.41. The maximum absolute atomic E-state index is 5.48. The lowest BCUT2D eigenvalue weighted by molar-refractivity contribution is 0.180. The van der Waals surface area contributed by atoms with Gasteiger partial charge in [-0.25, -0.2) is 0 Å². The largest absolute Gasteiger partial charge is 0.381 e. The van der Waals surface area contributed by atoms with Crippen LogP contribution < -0.4 is 0 Å². The molecule has 3 nitrogen and oxygen atoms in total. The molecular weight excluding hydrogens is 260 g/mol. The number of nitrogens with one attached hydrogen (secondary N) is 1. The molecule has 0 amide bonds. The third-order valence-electron chi connectivity index (χ3n) is 5.21. The van der Waals surface area contributed by atoms with E-state index in [1.807, 2.05) is 0 Å². The first-order chi connectivity index (χ1) is 10.4. The van der Waals surface area contributed by atoms with Gasteiger partial charge in [-0.1, -0.05) is 18.2 Å². The summed E-state index contributed by atoms with van der Waals surface area (Å²) in [6, 6.07) is 8.67. The van der Waals surface area contributed by atoms with Crippen molar-refractivity contribution < 1.29 is 4.74 Å². The van der Waals surface area contributed by atoms with Crippen molar-refractivity contribution in [3.8, 4) is 0 Å². The summed E-state index contributed by atoms with van der Waals surface area (Å²) >= 11 is 0. The van der Waals surface area contributed by atoms with Gasteiger partial charge in [-0.05, 0) is 55.8 Å². The second-order valence-corrected chi connectivity index (χ2v) is 6.59. The highest BCUT2D eigenvalue weighted by molar-refractivity contribution is 5.83. The van der Waals surface area contributed by atoms with E-state index in [9.17, 15) is 0 Å². The number of para-hydroxylation sites is 1. The van der Waals surface area contributed by atoms with Crippen molar-refractivity contribution in [2.24, 2.45) is 5.92 Å². The Morgan fingerprint density at radius 3 is 3.10 bits per heavy atom. The third-order valence-corrected chi connectivity index (χ3v) is 5.21. The van der Waals surface area contributed by atoms with Crippen LogP contribution in [0.5, 0.6) is 0 Å². The van der Waals surface area contributed by atoms with Crippen LogP contribution in [0.3, 0.4) is 0 Å². The first-order valence-corrected chi connectivity index (χ1v) is 8.26. The molecule has 2 atom stereocenters. The van der Waals surface area contributed by atoms with E-state index in [0.717, 1.165) is 19.1 Å². The van der Waals surface area contributed by atoms with Crippen molar-refractivity contribution in [1.29, 1.82) is 0 Å². The number of rotatable bonds is 4. The van der Waals surface area contributed by atoms with Crippen LogP contribution in [0.25, 0.3) is 10.9 Å². The van der Waals surface area contributed by atoms with Crippen LogP contribution in [0, 0.1) is 5.92 Å². The van der Waals surface area contributed by atoms with Crippen molar-refractivity contribution in [3.05, 3.63) is 36.0 Å². The number of aromatic nitrogens is 1. The van der Waals surface area contributed by atoms with E-state index in [-0.39, 0.29) is 0 Å². The molecule has 2 fully saturated rings. The van der Waals surface area contributed by atoms with Crippen molar-refractivity contribution in [2.75, 3.05) is 32.8 Å². The zero-order valence-electron chi connectivity index (χ0n) is 12.6. The van der Waals surface area contributed by atoms with E-state index in [1.54, 1.807) is 0 Å². The third kappa shape index (κ3) is 2.72. The molecule has 1 N–H and O–H groups in total. The van der Waals surface area contributed by atoms with Crippen LogP contribution in [-0.2, 0) is 4.74 Å². The number of hydrogen-bond acceptors (Lipinski definition) is 2. The lowest BCUT2D eigenvalue weighted by atomic mass is 9.98. The summed E-state index contributed by atoms with van der Waals surface area (Å²) in [6.45, 7) is 5.67. The van der Waals surface area contributed by atoms with Crippen LogP contribution in [-0.4, -0.2) is 42.7 Å². The summed E-state index contributed by atoms with van der Waals surface area (Å²) in [5.74, 6) is 1.50. The average Bonchev–Trinajstić information content (AvgIpc) is 3.25. The Balaban J connectivity index is 1.39. The topological polar surface area (TPSA) is 28.3 Å². The maximum atomic E-state index is 5.48.